The van der Waals surface area contributed by atoms with Crippen LogP contribution < -0.4 is 0 Å². The van der Waals surface area contributed by atoms with Gasteiger partial charge in [-0.1, -0.05) is 47.6 Å². The van der Waals surface area contributed by atoms with Crippen molar-refractivity contribution >= 4 is 5.91 Å². The van der Waals surface area contributed by atoms with Gasteiger partial charge >= 0.3 is 0 Å². The van der Waals surface area contributed by atoms with E-state index in [4.69, 9.17) is 4.52 Å². The van der Waals surface area contributed by atoms with Gasteiger partial charge in [0.1, 0.15) is 5.82 Å². The van der Waals surface area contributed by atoms with E-state index in [2.05, 4.69) is 27.2 Å². The summed E-state index contributed by atoms with van der Waals surface area (Å²) < 4.78 is 19.1. The molecule has 1 saturated heterocycles. The highest BCUT2D eigenvalue weighted by atomic mass is 19.1. The zero-order valence-corrected chi connectivity index (χ0v) is 17.8. The summed E-state index contributed by atoms with van der Waals surface area (Å²) in [6, 6.07) is 15.2. The Morgan fingerprint density at radius 1 is 1.10 bits per heavy atom. The first-order valence-electron chi connectivity index (χ1n) is 10.7. The number of rotatable bonds is 7. The maximum absolute atomic E-state index is 13.8. The first kappa shape index (κ1) is 21.2. The van der Waals surface area contributed by atoms with Gasteiger partial charge in [-0.2, -0.15) is 4.98 Å². The van der Waals surface area contributed by atoms with Crippen molar-refractivity contribution in [3.8, 4) is 11.4 Å². The van der Waals surface area contributed by atoms with Crippen molar-refractivity contribution in [1.82, 2.24) is 19.9 Å². The number of piperazine rings is 1. The van der Waals surface area contributed by atoms with Crippen LogP contribution in [0.25, 0.3) is 11.4 Å². The van der Waals surface area contributed by atoms with Gasteiger partial charge in [0.05, 0.1) is 6.54 Å². The first-order valence-corrected chi connectivity index (χ1v) is 10.7. The molecule has 6 nitrogen and oxygen atoms in total. The largest absolute Gasteiger partial charge is 0.340 e. The van der Waals surface area contributed by atoms with E-state index >= 15 is 0 Å². The Kier molecular flexibility index (Phi) is 6.72. The van der Waals surface area contributed by atoms with Crippen molar-refractivity contribution < 1.29 is 13.7 Å². The van der Waals surface area contributed by atoms with Gasteiger partial charge in [0.25, 0.3) is 0 Å². The van der Waals surface area contributed by atoms with Gasteiger partial charge < -0.3 is 9.42 Å². The van der Waals surface area contributed by atoms with Crippen molar-refractivity contribution in [3.05, 3.63) is 71.4 Å². The summed E-state index contributed by atoms with van der Waals surface area (Å²) in [7, 11) is 0. The van der Waals surface area contributed by atoms with Crippen LogP contribution in [0.2, 0.25) is 0 Å². The zero-order valence-electron chi connectivity index (χ0n) is 17.8. The number of carbonyl (C=O) groups is 1. The average Bonchev–Trinajstić information content (AvgIpc) is 3.25. The molecule has 31 heavy (non-hydrogen) atoms. The lowest BCUT2D eigenvalue weighted by atomic mass is 10.1. The van der Waals surface area contributed by atoms with Crippen LogP contribution in [0.3, 0.4) is 0 Å². The molecular weight excluding hydrogens is 395 g/mol. The molecule has 4 rings (SSSR count). The summed E-state index contributed by atoms with van der Waals surface area (Å²) in [6.45, 7) is 5.18. The predicted molar refractivity (Wildman–Crippen MR) is 116 cm³/mol. The molecule has 1 aliphatic rings. The second kappa shape index (κ2) is 9.83. The molecule has 2 heterocycles. The number of aromatic nitrogens is 2. The predicted octanol–water partition coefficient (Wildman–Crippen LogP) is 3.85. The van der Waals surface area contributed by atoms with Gasteiger partial charge in [-0.05, 0) is 37.0 Å². The second-order valence-electron chi connectivity index (χ2n) is 7.97. The fourth-order valence-corrected chi connectivity index (χ4v) is 3.76. The standard InChI is InChI=1S/C24H27FN4O2/c1-18-10-11-20(16-21(18)25)24-26-22(31-27-24)17-28-12-14-29(15-13-28)23(30)9-5-8-19-6-3-2-4-7-19/h2-4,6-7,10-11,16H,5,8-9,12-15,17H2,1H3. The average molecular weight is 423 g/mol. The maximum atomic E-state index is 13.8. The highest BCUT2D eigenvalue weighted by Gasteiger charge is 2.22. The van der Waals surface area contributed by atoms with Crippen molar-refractivity contribution in [2.24, 2.45) is 0 Å². The van der Waals surface area contributed by atoms with Gasteiger partial charge in [0.2, 0.25) is 17.6 Å². The van der Waals surface area contributed by atoms with Gasteiger partial charge in [0.15, 0.2) is 0 Å². The Bertz CT molecular complexity index is 1010. The number of carbonyl (C=O) groups excluding carboxylic acids is 1. The summed E-state index contributed by atoms with van der Waals surface area (Å²) >= 11 is 0. The van der Waals surface area contributed by atoms with Crippen LogP contribution >= 0.6 is 0 Å². The molecule has 0 unspecified atom stereocenters. The lowest BCUT2D eigenvalue weighted by Crippen LogP contribution is -2.48. The second-order valence-corrected chi connectivity index (χ2v) is 7.97. The van der Waals surface area contributed by atoms with E-state index in [9.17, 15) is 9.18 Å². The first-order chi connectivity index (χ1) is 15.1. The normalized spacial score (nSPS) is 14.7. The van der Waals surface area contributed by atoms with Crippen LogP contribution in [0, 0.1) is 12.7 Å². The fraction of sp³-hybridized carbons (Fsp3) is 0.375. The molecule has 0 spiro atoms. The molecule has 2 aromatic carbocycles. The summed E-state index contributed by atoms with van der Waals surface area (Å²) in [5, 5.41) is 3.98. The molecule has 3 aromatic rings. The number of amides is 1. The van der Waals surface area contributed by atoms with Crippen LogP contribution in [0.4, 0.5) is 4.39 Å². The number of hydrogen-bond donors (Lipinski definition) is 0. The summed E-state index contributed by atoms with van der Waals surface area (Å²) in [5.74, 6) is 0.824. The van der Waals surface area contributed by atoms with E-state index in [1.54, 1.807) is 19.1 Å². The topological polar surface area (TPSA) is 62.5 Å². The molecule has 162 valence electrons. The lowest BCUT2D eigenvalue weighted by molar-refractivity contribution is -0.133. The molecule has 1 fully saturated rings. The molecule has 0 saturated carbocycles. The van der Waals surface area contributed by atoms with Gasteiger partial charge in [-0.25, -0.2) is 4.39 Å². The van der Waals surface area contributed by atoms with E-state index in [1.807, 2.05) is 23.1 Å². The highest BCUT2D eigenvalue weighted by Crippen LogP contribution is 2.20. The van der Waals surface area contributed by atoms with Gasteiger partial charge in [-0.3, -0.25) is 9.69 Å². The van der Waals surface area contributed by atoms with Crippen molar-refractivity contribution in [3.63, 3.8) is 0 Å². The molecular formula is C24H27FN4O2. The Hall–Kier alpha value is -3.06. The maximum Gasteiger partial charge on any atom is 0.241 e. The lowest BCUT2D eigenvalue weighted by Gasteiger charge is -2.34. The molecule has 1 aliphatic heterocycles. The molecule has 0 bridgehead atoms. The Morgan fingerprint density at radius 2 is 1.87 bits per heavy atom. The molecule has 0 radical (unpaired) electrons. The summed E-state index contributed by atoms with van der Waals surface area (Å²) in [6.07, 6.45) is 2.37. The smallest absolute Gasteiger partial charge is 0.241 e. The zero-order chi connectivity index (χ0) is 21.6. The minimum atomic E-state index is -0.284. The SMILES string of the molecule is Cc1ccc(-c2noc(CN3CCN(C(=O)CCCc4ccccc4)CC3)n2)cc1F. The Balaban J connectivity index is 1.22. The number of benzene rings is 2. The Labute approximate surface area is 181 Å². The number of nitrogens with zero attached hydrogens (tertiary/aromatic N) is 4. The molecule has 0 atom stereocenters. The van der Waals surface area contributed by atoms with Crippen LogP contribution in [0.1, 0.15) is 29.9 Å². The summed E-state index contributed by atoms with van der Waals surface area (Å²) in [4.78, 5) is 21.0. The fourth-order valence-electron chi connectivity index (χ4n) is 3.76. The summed E-state index contributed by atoms with van der Waals surface area (Å²) in [5.41, 5.74) is 2.45. The van der Waals surface area contributed by atoms with Crippen LogP contribution in [0.5, 0.6) is 0 Å². The molecule has 1 aromatic heterocycles. The quantitative estimate of drug-likeness (QED) is 0.579. The van der Waals surface area contributed by atoms with Crippen LogP contribution in [0.15, 0.2) is 53.1 Å². The van der Waals surface area contributed by atoms with E-state index in [-0.39, 0.29) is 11.7 Å². The number of aryl methyl sites for hydroxylation is 2. The van der Waals surface area contributed by atoms with E-state index in [1.165, 1.54) is 11.6 Å². The molecule has 0 aliphatic carbocycles. The number of halogens is 1. The van der Waals surface area contributed by atoms with Gasteiger partial charge in [0, 0.05) is 38.2 Å². The monoisotopic (exact) mass is 422 g/mol. The minimum absolute atomic E-state index is 0.219. The number of hydrogen-bond acceptors (Lipinski definition) is 5. The third-order valence-electron chi connectivity index (χ3n) is 5.68. The third kappa shape index (κ3) is 5.55. The van der Waals surface area contributed by atoms with Crippen LogP contribution in [-0.4, -0.2) is 52.0 Å². The molecule has 0 N–H and O–H groups in total. The van der Waals surface area contributed by atoms with Crippen molar-refractivity contribution in [1.29, 1.82) is 0 Å². The van der Waals surface area contributed by atoms with E-state index in [0.717, 1.165) is 25.9 Å². The molecule has 1 amide bonds. The van der Waals surface area contributed by atoms with Gasteiger partial charge in [-0.15, -0.1) is 0 Å². The Morgan fingerprint density at radius 3 is 2.61 bits per heavy atom. The highest BCUT2D eigenvalue weighted by molar-refractivity contribution is 5.76. The van der Waals surface area contributed by atoms with Crippen molar-refractivity contribution in [2.75, 3.05) is 26.2 Å². The van der Waals surface area contributed by atoms with E-state index in [0.29, 0.717) is 48.9 Å². The van der Waals surface area contributed by atoms with E-state index < -0.39 is 0 Å². The third-order valence-corrected chi connectivity index (χ3v) is 5.68. The molecule has 7 heteroatoms. The van der Waals surface area contributed by atoms with Crippen molar-refractivity contribution in [2.45, 2.75) is 32.7 Å². The van der Waals surface area contributed by atoms with Crippen LogP contribution in [-0.2, 0) is 17.8 Å². The minimum Gasteiger partial charge on any atom is -0.340 e.